The summed E-state index contributed by atoms with van der Waals surface area (Å²) in [4.78, 5) is 8.41. The van der Waals surface area contributed by atoms with Crippen LogP contribution in [0.15, 0.2) is 17.4 Å². The van der Waals surface area contributed by atoms with Gasteiger partial charge < -0.3 is 10.1 Å². The molecule has 1 aromatic heterocycles. The molecule has 2 heterocycles. The summed E-state index contributed by atoms with van der Waals surface area (Å²) in [6, 6.07) is 1.82. The highest BCUT2D eigenvalue weighted by molar-refractivity contribution is 7.98. The van der Waals surface area contributed by atoms with Gasteiger partial charge in [-0.3, -0.25) is 0 Å². The van der Waals surface area contributed by atoms with Crippen molar-refractivity contribution in [3.63, 3.8) is 0 Å². The molecule has 0 aromatic carbocycles. The molecule has 1 aliphatic rings. The van der Waals surface area contributed by atoms with Crippen molar-refractivity contribution in [2.45, 2.75) is 24.4 Å². The highest BCUT2D eigenvalue weighted by atomic mass is 32.2. The first kappa shape index (κ1) is 12.6. The number of piperidine rings is 1. The molecular formula is C12H19N3OS. The van der Waals surface area contributed by atoms with Gasteiger partial charge in [0.1, 0.15) is 0 Å². The number of hydrogen-bond donors (Lipinski definition) is 1. The van der Waals surface area contributed by atoms with E-state index in [9.17, 15) is 0 Å². The van der Waals surface area contributed by atoms with E-state index in [0.29, 0.717) is 5.88 Å². The van der Waals surface area contributed by atoms with E-state index in [1.54, 1.807) is 6.20 Å². The molecule has 1 N–H and O–H groups in total. The zero-order chi connectivity index (χ0) is 11.9. The van der Waals surface area contributed by atoms with E-state index >= 15 is 0 Å². The number of nitrogens with one attached hydrogen (secondary N) is 1. The maximum absolute atomic E-state index is 5.67. The third-order valence-corrected chi connectivity index (χ3v) is 3.59. The van der Waals surface area contributed by atoms with Crippen molar-refractivity contribution in [2.75, 3.05) is 26.0 Å². The predicted octanol–water partition coefficient (Wildman–Crippen LogP) is 1.97. The Morgan fingerprint density at radius 2 is 2.29 bits per heavy atom. The van der Waals surface area contributed by atoms with Crippen LogP contribution in [0.3, 0.4) is 0 Å². The van der Waals surface area contributed by atoms with Gasteiger partial charge in [-0.05, 0) is 44.5 Å². The van der Waals surface area contributed by atoms with Crippen LogP contribution in [0.1, 0.15) is 19.3 Å². The second-order valence-corrected chi connectivity index (χ2v) is 4.99. The molecule has 17 heavy (non-hydrogen) atoms. The minimum Gasteiger partial charge on any atom is -0.478 e. The smallest absolute Gasteiger partial charge is 0.217 e. The van der Waals surface area contributed by atoms with E-state index in [2.05, 4.69) is 15.3 Å². The standard InChI is InChI=1S/C12H19N3OS/c1-17-12-14-8-4-11(15-12)16-9-5-10-2-6-13-7-3-10/h4,8,10,13H,2-3,5-7,9H2,1H3. The maximum atomic E-state index is 5.67. The average molecular weight is 253 g/mol. The van der Waals surface area contributed by atoms with Gasteiger partial charge in [0, 0.05) is 12.3 Å². The van der Waals surface area contributed by atoms with Crippen LogP contribution in [0.5, 0.6) is 5.88 Å². The molecule has 0 radical (unpaired) electrons. The van der Waals surface area contributed by atoms with Crippen molar-refractivity contribution in [1.29, 1.82) is 0 Å². The van der Waals surface area contributed by atoms with Crippen LogP contribution in [0.4, 0.5) is 0 Å². The van der Waals surface area contributed by atoms with Crippen molar-refractivity contribution in [3.8, 4) is 5.88 Å². The van der Waals surface area contributed by atoms with Gasteiger partial charge in [-0.15, -0.1) is 0 Å². The van der Waals surface area contributed by atoms with Gasteiger partial charge in [-0.2, -0.15) is 4.98 Å². The summed E-state index contributed by atoms with van der Waals surface area (Å²) in [5, 5.41) is 4.14. The molecule has 2 rings (SSSR count). The van der Waals surface area contributed by atoms with E-state index in [0.717, 1.165) is 37.2 Å². The third-order valence-electron chi connectivity index (χ3n) is 3.03. The zero-order valence-corrected chi connectivity index (χ0v) is 11.0. The molecule has 0 unspecified atom stereocenters. The van der Waals surface area contributed by atoms with Crippen molar-refractivity contribution in [2.24, 2.45) is 5.92 Å². The van der Waals surface area contributed by atoms with Crippen LogP contribution >= 0.6 is 11.8 Å². The number of nitrogens with zero attached hydrogens (tertiary/aromatic N) is 2. The van der Waals surface area contributed by atoms with Crippen molar-refractivity contribution >= 4 is 11.8 Å². The first-order valence-electron chi connectivity index (χ1n) is 6.09. The normalized spacial score (nSPS) is 17.0. The summed E-state index contributed by atoms with van der Waals surface area (Å²) in [6.07, 6.45) is 7.37. The van der Waals surface area contributed by atoms with Gasteiger partial charge in [0.15, 0.2) is 5.16 Å². The summed E-state index contributed by atoms with van der Waals surface area (Å²) >= 11 is 1.53. The molecule has 0 bridgehead atoms. The largest absolute Gasteiger partial charge is 0.478 e. The second-order valence-electron chi connectivity index (χ2n) is 4.21. The van der Waals surface area contributed by atoms with Gasteiger partial charge >= 0.3 is 0 Å². The lowest BCUT2D eigenvalue weighted by atomic mass is 9.95. The zero-order valence-electron chi connectivity index (χ0n) is 10.2. The Bertz CT molecular complexity index is 342. The SMILES string of the molecule is CSc1nccc(OCCC2CCNCC2)n1. The van der Waals surface area contributed by atoms with Crippen LogP contribution in [-0.2, 0) is 0 Å². The van der Waals surface area contributed by atoms with Crippen LogP contribution in [-0.4, -0.2) is 35.9 Å². The molecule has 1 aromatic rings. The van der Waals surface area contributed by atoms with E-state index in [-0.39, 0.29) is 0 Å². The molecule has 5 heteroatoms. The van der Waals surface area contributed by atoms with Gasteiger partial charge in [0.05, 0.1) is 6.61 Å². The van der Waals surface area contributed by atoms with Gasteiger partial charge in [0.25, 0.3) is 0 Å². The Kier molecular flexibility index (Phi) is 5.07. The second kappa shape index (κ2) is 6.81. The number of rotatable bonds is 5. The summed E-state index contributed by atoms with van der Waals surface area (Å²) in [5.74, 6) is 1.50. The molecule has 0 amide bonds. The molecular weight excluding hydrogens is 234 g/mol. The summed E-state index contributed by atoms with van der Waals surface area (Å²) in [6.45, 7) is 3.05. The highest BCUT2D eigenvalue weighted by Crippen LogP contribution is 2.17. The molecule has 94 valence electrons. The van der Waals surface area contributed by atoms with Gasteiger partial charge in [-0.1, -0.05) is 11.8 Å². The first-order chi connectivity index (χ1) is 8.38. The lowest BCUT2D eigenvalue weighted by Gasteiger charge is -2.22. The number of hydrogen-bond acceptors (Lipinski definition) is 5. The number of aromatic nitrogens is 2. The molecule has 1 saturated heterocycles. The van der Waals surface area contributed by atoms with Gasteiger partial charge in [-0.25, -0.2) is 4.98 Å². The quantitative estimate of drug-likeness (QED) is 0.642. The van der Waals surface area contributed by atoms with Gasteiger partial charge in [0.2, 0.25) is 5.88 Å². The third kappa shape index (κ3) is 4.16. The molecule has 0 aliphatic carbocycles. The Morgan fingerprint density at radius 1 is 1.47 bits per heavy atom. The van der Waals surface area contributed by atoms with Crippen molar-refractivity contribution in [3.05, 3.63) is 12.3 Å². The molecule has 1 aliphatic heterocycles. The Morgan fingerprint density at radius 3 is 3.06 bits per heavy atom. The van der Waals surface area contributed by atoms with Crippen molar-refractivity contribution in [1.82, 2.24) is 15.3 Å². The van der Waals surface area contributed by atoms with E-state index in [1.165, 1.54) is 24.6 Å². The fourth-order valence-electron chi connectivity index (χ4n) is 2.00. The average Bonchev–Trinajstić information content (AvgIpc) is 2.40. The van der Waals surface area contributed by atoms with E-state index in [4.69, 9.17) is 4.74 Å². The summed E-state index contributed by atoms with van der Waals surface area (Å²) < 4.78 is 5.67. The lowest BCUT2D eigenvalue weighted by Crippen LogP contribution is -2.28. The monoisotopic (exact) mass is 253 g/mol. The van der Waals surface area contributed by atoms with Crippen molar-refractivity contribution < 1.29 is 4.74 Å². The number of thioether (sulfide) groups is 1. The topological polar surface area (TPSA) is 47.0 Å². The minimum atomic E-state index is 0.693. The molecule has 0 spiro atoms. The summed E-state index contributed by atoms with van der Waals surface area (Å²) in [5.41, 5.74) is 0. The molecule has 0 saturated carbocycles. The Hall–Kier alpha value is -0.810. The fourth-order valence-corrected chi connectivity index (χ4v) is 2.35. The Labute approximate surface area is 107 Å². The summed E-state index contributed by atoms with van der Waals surface area (Å²) in [7, 11) is 0. The highest BCUT2D eigenvalue weighted by Gasteiger charge is 2.12. The van der Waals surface area contributed by atoms with E-state index in [1.807, 2.05) is 12.3 Å². The molecule has 4 nitrogen and oxygen atoms in total. The number of ether oxygens (including phenoxy) is 1. The van der Waals surface area contributed by atoms with Crippen LogP contribution in [0, 0.1) is 5.92 Å². The van der Waals surface area contributed by atoms with Crippen LogP contribution < -0.4 is 10.1 Å². The van der Waals surface area contributed by atoms with Crippen LogP contribution in [0.25, 0.3) is 0 Å². The lowest BCUT2D eigenvalue weighted by molar-refractivity contribution is 0.243. The van der Waals surface area contributed by atoms with Crippen LogP contribution in [0.2, 0.25) is 0 Å². The fraction of sp³-hybridized carbons (Fsp3) is 0.667. The molecule has 1 fully saturated rings. The molecule has 0 atom stereocenters. The maximum Gasteiger partial charge on any atom is 0.217 e. The predicted molar refractivity (Wildman–Crippen MR) is 69.5 cm³/mol. The Balaban J connectivity index is 1.73. The first-order valence-corrected chi connectivity index (χ1v) is 7.31. The van der Waals surface area contributed by atoms with E-state index < -0.39 is 0 Å². The minimum absolute atomic E-state index is 0.693.